The van der Waals surface area contributed by atoms with Crippen LogP contribution in [0.5, 0.6) is 0 Å². The number of carbonyl (C=O) groups is 1. The van der Waals surface area contributed by atoms with Gasteiger partial charge in [0, 0.05) is 5.56 Å². The molecule has 0 saturated heterocycles. The predicted molar refractivity (Wildman–Crippen MR) is 53.3 cm³/mol. The van der Waals surface area contributed by atoms with E-state index in [9.17, 15) is 9.70 Å². The summed E-state index contributed by atoms with van der Waals surface area (Å²) in [4.78, 5) is 22.2. The van der Waals surface area contributed by atoms with Crippen LogP contribution in [-0.4, -0.2) is 11.8 Å². The fourth-order valence-electron chi connectivity index (χ4n) is 1.88. The third kappa shape index (κ3) is 1.45. The van der Waals surface area contributed by atoms with E-state index in [1.165, 1.54) is 0 Å². The van der Waals surface area contributed by atoms with Crippen molar-refractivity contribution in [1.29, 1.82) is 0 Å². The highest BCUT2D eigenvalue weighted by molar-refractivity contribution is 6.01. The summed E-state index contributed by atoms with van der Waals surface area (Å²) in [6.07, 6.45) is 2.31. The lowest BCUT2D eigenvalue weighted by Gasteiger charge is -2.04. The van der Waals surface area contributed by atoms with Gasteiger partial charge in [0.25, 0.3) is 0 Å². The average Bonchev–Trinajstić information content (AvgIpc) is 2.39. The second kappa shape index (κ2) is 3.70. The summed E-state index contributed by atoms with van der Waals surface area (Å²) in [6, 6.07) is 6.80. The largest absolute Gasteiger partial charge is 0.292 e. The van der Waals surface area contributed by atoms with E-state index in [0.717, 1.165) is 18.4 Å². The number of hydrogen-bond acceptors (Lipinski definition) is 3. The third-order valence-electron chi connectivity index (χ3n) is 2.64. The topological polar surface area (TPSA) is 46.5 Å². The van der Waals surface area contributed by atoms with Crippen LogP contribution < -0.4 is 0 Å². The molecule has 1 atom stereocenters. The number of hydrogen-bond donors (Lipinski definition) is 0. The lowest BCUT2D eigenvalue weighted by molar-refractivity contribution is 0.0960. The lowest BCUT2D eigenvalue weighted by atomic mass is 10.0. The Balaban J connectivity index is 2.44. The van der Waals surface area contributed by atoms with Crippen molar-refractivity contribution in [3.05, 3.63) is 40.3 Å². The highest BCUT2D eigenvalue weighted by Crippen LogP contribution is 2.22. The van der Waals surface area contributed by atoms with Gasteiger partial charge < -0.3 is 0 Å². The third-order valence-corrected chi connectivity index (χ3v) is 2.64. The van der Waals surface area contributed by atoms with Crippen LogP contribution in [0.25, 0.3) is 0 Å². The van der Waals surface area contributed by atoms with Crippen LogP contribution in [-0.2, 0) is 6.42 Å². The number of nitrogens with zero attached hydrogens (tertiary/aromatic N) is 1. The van der Waals surface area contributed by atoms with Gasteiger partial charge in [-0.1, -0.05) is 29.4 Å². The van der Waals surface area contributed by atoms with Crippen molar-refractivity contribution in [2.24, 2.45) is 5.18 Å². The van der Waals surface area contributed by atoms with Gasteiger partial charge in [-0.2, -0.15) is 4.91 Å². The maximum atomic E-state index is 11.8. The van der Waals surface area contributed by atoms with E-state index in [4.69, 9.17) is 0 Å². The molecule has 3 heteroatoms. The van der Waals surface area contributed by atoms with Crippen molar-refractivity contribution in [2.45, 2.75) is 25.3 Å². The molecule has 0 radical (unpaired) electrons. The second-order valence-electron chi connectivity index (χ2n) is 3.53. The molecular weight excluding hydrogens is 178 g/mol. The number of ketones is 1. The Morgan fingerprint density at radius 1 is 1.29 bits per heavy atom. The van der Waals surface area contributed by atoms with E-state index in [0.29, 0.717) is 12.0 Å². The number of carbonyl (C=O) groups excluding carboxylic acids is 1. The molecule has 0 fully saturated rings. The molecule has 1 aromatic carbocycles. The van der Waals surface area contributed by atoms with Gasteiger partial charge in [0.1, 0.15) is 0 Å². The average molecular weight is 189 g/mol. The zero-order chi connectivity index (χ0) is 9.97. The first-order valence-electron chi connectivity index (χ1n) is 4.77. The molecule has 0 heterocycles. The fraction of sp³-hybridized carbons (Fsp3) is 0.364. The molecule has 0 N–H and O–H groups in total. The number of fused-ring (bicyclic) bond motifs is 1. The van der Waals surface area contributed by atoms with E-state index in [1.807, 2.05) is 18.2 Å². The van der Waals surface area contributed by atoms with Crippen LogP contribution >= 0.6 is 0 Å². The fourth-order valence-corrected chi connectivity index (χ4v) is 1.88. The Labute approximate surface area is 82.1 Å². The molecular formula is C11H11NO2. The van der Waals surface area contributed by atoms with E-state index in [1.54, 1.807) is 6.07 Å². The maximum Gasteiger partial charge on any atom is 0.191 e. The second-order valence-corrected chi connectivity index (χ2v) is 3.53. The monoisotopic (exact) mass is 189 g/mol. The molecule has 14 heavy (non-hydrogen) atoms. The number of Topliss-reactive ketones (excluding diaryl/α,β-unsaturated/α-hetero) is 1. The van der Waals surface area contributed by atoms with Crippen molar-refractivity contribution >= 4 is 5.78 Å². The minimum Gasteiger partial charge on any atom is -0.292 e. The highest BCUT2D eigenvalue weighted by atomic mass is 16.3. The van der Waals surface area contributed by atoms with Crippen LogP contribution in [0.15, 0.2) is 29.4 Å². The molecule has 1 unspecified atom stereocenters. The SMILES string of the molecule is O=NC1CCCc2ccccc2C1=O. The quantitative estimate of drug-likeness (QED) is 0.502. The first kappa shape index (κ1) is 9.06. The molecule has 0 aromatic heterocycles. The first-order valence-corrected chi connectivity index (χ1v) is 4.77. The van der Waals surface area contributed by atoms with Crippen molar-refractivity contribution in [3.63, 3.8) is 0 Å². The van der Waals surface area contributed by atoms with Gasteiger partial charge in [-0.15, -0.1) is 0 Å². The molecule has 2 rings (SSSR count). The van der Waals surface area contributed by atoms with Crippen molar-refractivity contribution in [2.75, 3.05) is 0 Å². The molecule has 1 aliphatic carbocycles. The van der Waals surface area contributed by atoms with E-state index in [2.05, 4.69) is 5.18 Å². The Bertz CT molecular complexity index is 373. The van der Waals surface area contributed by atoms with Crippen LogP contribution in [0.3, 0.4) is 0 Å². The Kier molecular flexibility index (Phi) is 2.39. The van der Waals surface area contributed by atoms with Gasteiger partial charge >= 0.3 is 0 Å². The smallest absolute Gasteiger partial charge is 0.191 e. The van der Waals surface area contributed by atoms with Crippen molar-refractivity contribution < 1.29 is 4.79 Å². The Hall–Kier alpha value is -1.51. The lowest BCUT2D eigenvalue weighted by Crippen LogP contribution is -2.16. The highest BCUT2D eigenvalue weighted by Gasteiger charge is 2.25. The van der Waals surface area contributed by atoms with E-state index >= 15 is 0 Å². The summed E-state index contributed by atoms with van der Waals surface area (Å²) in [5.74, 6) is -0.117. The predicted octanol–water partition coefficient (Wildman–Crippen LogP) is 2.34. The molecule has 1 aromatic rings. The van der Waals surface area contributed by atoms with Crippen molar-refractivity contribution in [1.82, 2.24) is 0 Å². The summed E-state index contributed by atoms with van der Waals surface area (Å²) in [5.41, 5.74) is 1.72. The maximum absolute atomic E-state index is 11.8. The van der Waals surface area contributed by atoms with Gasteiger partial charge in [-0.25, -0.2) is 0 Å². The Morgan fingerprint density at radius 3 is 2.86 bits per heavy atom. The molecule has 72 valence electrons. The molecule has 3 nitrogen and oxygen atoms in total. The van der Waals surface area contributed by atoms with Crippen LogP contribution in [0.2, 0.25) is 0 Å². The summed E-state index contributed by atoms with van der Waals surface area (Å²) in [6.45, 7) is 0. The van der Waals surface area contributed by atoms with Crippen LogP contribution in [0, 0.1) is 4.91 Å². The van der Waals surface area contributed by atoms with Crippen LogP contribution in [0.1, 0.15) is 28.8 Å². The molecule has 0 bridgehead atoms. The summed E-state index contributed by atoms with van der Waals surface area (Å²) in [7, 11) is 0. The first-order chi connectivity index (χ1) is 6.83. The van der Waals surface area contributed by atoms with Gasteiger partial charge in [-0.3, -0.25) is 4.79 Å². The summed E-state index contributed by atoms with van der Waals surface area (Å²) < 4.78 is 0. The summed E-state index contributed by atoms with van der Waals surface area (Å²) in [5, 5.41) is 2.89. The number of nitroso groups, excluding NO2 is 1. The number of aryl methyl sites for hydroxylation is 1. The van der Waals surface area contributed by atoms with Gasteiger partial charge in [0.2, 0.25) is 0 Å². The zero-order valence-corrected chi connectivity index (χ0v) is 7.77. The molecule has 1 aliphatic rings. The van der Waals surface area contributed by atoms with Gasteiger partial charge in [0.05, 0.1) is 0 Å². The van der Waals surface area contributed by atoms with Gasteiger partial charge in [0.15, 0.2) is 11.8 Å². The summed E-state index contributed by atoms with van der Waals surface area (Å²) >= 11 is 0. The van der Waals surface area contributed by atoms with E-state index in [-0.39, 0.29) is 5.78 Å². The standard InChI is InChI=1S/C11H11NO2/c13-11-9-6-2-1-4-8(9)5-3-7-10(11)12-14/h1-2,4,6,10H,3,5,7H2. The minimum atomic E-state index is -0.668. The van der Waals surface area contributed by atoms with E-state index < -0.39 is 6.04 Å². The molecule has 0 amide bonds. The molecule has 0 spiro atoms. The van der Waals surface area contributed by atoms with Crippen LogP contribution in [0.4, 0.5) is 0 Å². The van der Waals surface area contributed by atoms with Gasteiger partial charge in [-0.05, 0) is 24.8 Å². The molecule has 0 saturated carbocycles. The molecule has 0 aliphatic heterocycles. The number of benzene rings is 1. The number of rotatable bonds is 1. The minimum absolute atomic E-state index is 0.117. The van der Waals surface area contributed by atoms with Crippen molar-refractivity contribution in [3.8, 4) is 0 Å². The Morgan fingerprint density at radius 2 is 2.07 bits per heavy atom. The zero-order valence-electron chi connectivity index (χ0n) is 7.77. The normalized spacial score (nSPS) is 21.1.